The second-order valence-electron chi connectivity index (χ2n) is 5.44. The Labute approximate surface area is 124 Å². The van der Waals surface area contributed by atoms with E-state index in [0.717, 1.165) is 24.3 Å². The molecule has 0 saturated heterocycles. The van der Waals surface area contributed by atoms with Gasteiger partial charge >= 0.3 is 0 Å². The summed E-state index contributed by atoms with van der Waals surface area (Å²) in [6.45, 7) is 7.93. The van der Waals surface area contributed by atoms with Crippen LogP contribution in [0.25, 0.3) is 0 Å². The molecule has 0 aliphatic heterocycles. The van der Waals surface area contributed by atoms with Gasteiger partial charge in [0.05, 0.1) is 6.04 Å². The first-order chi connectivity index (χ1) is 8.34. The Kier molecular flexibility index (Phi) is 7.47. The number of aromatic nitrogens is 2. The number of aryl methyl sites for hydroxylation is 1. The fourth-order valence-electron chi connectivity index (χ4n) is 1.31. The van der Waals surface area contributed by atoms with Crippen LogP contribution < -0.4 is 11.1 Å². The van der Waals surface area contributed by atoms with E-state index in [1.165, 1.54) is 11.3 Å². The number of anilines is 1. The van der Waals surface area contributed by atoms with Crippen LogP contribution in [0.4, 0.5) is 5.13 Å². The fourth-order valence-corrected chi connectivity index (χ4v) is 2.09. The van der Waals surface area contributed by atoms with E-state index < -0.39 is 6.04 Å². The Hall–Kier alpha value is -0.720. The molecule has 0 saturated carbocycles. The number of amides is 1. The molecule has 1 aromatic heterocycles. The second-order valence-corrected chi connectivity index (χ2v) is 6.50. The number of carbonyl (C=O) groups is 1. The quantitative estimate of drug-likeness (QED) is 0.876. The highest BCUT2D eigenvalue weighted by Crippen LogP contribution is 2.21. The topological polar surface area (TPSA) is 80.9 Å². The minimum absolute atomic E-state index is 0. The summed E-state index contributed by atoms with van der Waals surface area (Å²) in [5, 5.41) is 12.2. The van der Waals surface area contributed by atoms with Gasteiger partial charge in [-0.1, -0.05) is 45.5 Å². The summed E-state index contributed by atoms with van der Waals surface area (Å²) < 4.78 is 0. The summed E-state index contributed by atoms with van der Waals surface area (Å²) in [6.07, 6.45) is 3.12. The Morgan fingerprint density at radius 2 is 2.05 bits per heavy atom. The van der Waals surface area contributed by atoms with Crippen molar-refractivity contribution in [1.29, 1.82) is 0 Å². The van der Waals surface area contributed by atoms with Gasteiger partial charge in [-0.05, 0) is 11.8 Å². The van der Waals surface area contributed by atoms with Crippen molar-refractivity contribution >= 4 is 34.8 Å². The van der Waals surface area contributed by atoms with Crippen molar-refractivity contribution in [1.82, 2.24) is 10.2 Å². The normalized spacial score (nSPS) is 12.7. The SMILES string of the molecule is CCCCc1nnc(NC(=O)[C@@H](N)C(C)(C)C)s1.Cl. The van der Waals surface area contributed by atoms with E-state index in [1.54, 1.807) is 0 Å². The van der Waals surface area contributed by atoms with Crippen LogP contribution in [0.5, 0.6) is 0 Å². The zero-order valence-electron chi connectivity index (χ0n) is 11.9. The van der Waals surface area contributed by atoms with Crippen LogP contribution in [0.15, 0.2) is 0 Å². The first-order valence-corrected chi connectivity index (χ1v) is 7.05. The van der Waals surface area contributed by atoms with Gasteiger partial charge in [0, 0.05) is 6.42 Å². The molecule has 1 atom stereocenters. The van der Waals surface area contributed by atoms with E-state index >= 15 is 0 Å². The highest BCUT2D eigenvalue weighted by atomic mass is 35.5. The third kappa shape index (κ3) is 5.84. The number of nitrogens with two attached hydrogens (primary N) is 1. The molecule has 1 heterocycles. The molecule has 0 spiro atoms. The minimum Gasteiger partial charge on any atom is -0.319 e. The van der Waals surface area contributed by atoms with E-state index in [1.807, 2.05) is 20.8 Å². The highest BCUT2D eigenvalue weighted by Gasteiger charge is 2.28. The van der Waals surface area contributed by atoms with Gasteiger partial charge < -0.3 is 5.73 Å². The molecule has 0 aromatic carbocycles. The summed E-state index contributed by atoms with van der Waals surface area (Å²) in [7, 11) is 0. The number of hydrogen-bond donors (Lipinski definition) is 2. The summed E-state index contributed by atoms with van der Waals surface area (Å²) >= 11 is 1.42. The predicted octanol–water partition coefficient (Wildman–Crippen LogP) is 2.61. The van der Waals surface area contributed by atoms with Crippen molar-refractivity contribution < 1.29 is 4.79 Å². The van der Waals surface area contributed by atoms with Crippen LogP contribution in [0, 0.1) is 5.41 Å². The first kappa shape index (κ1) is 18.3. The average Bonchev–Trinajstić information content (AvgIpc) is 2.71. The molecular weight excluding hydrogens is 284 g/mol. The van der Waals surface area contributed by atoms with Crippen LogP contribution >= 0.6 is 23.7 Å². The number of carbonyl (C=O) groups excluding carboxylic acids is 1. The fraction of sp³-hybridized carbons (Fsp3) is 0.750. The van der Waals surface area contributed by atoms with Gasteiger partial charge in [0.25, 0.3) is 0 Å². The molecular formula is C12H23ClN4OS. The molecule has 5 nitrogen and oxygen atoms in total. The van der Waals surface area contributed by atoms with Crippen LogP contribution in [-0.4, -0.2) is 22.1 Å². The first-order valence-electron chi connectivity index (χ1n) is 6.23. The molecule has 0 aliphatic carbocycles. The second kappa shape index (κ2) is 7.77. The average molecular weight is 307 g/mol. The molecule has 7 heteroatoms. The molecule has 19 heavy (non-hydrogen) atoms. The van der Waals surface area contributed by atoms with E-state index in [-0.39, 0.29) is 23.7 Å². The number of rotatable bonds is 5. The molecule has 1 amide bonds. The molecule has 0 fully saturated rings. The molecule has 1 rings (SSSR count). The van der Waals surface area contributed by atoms with E-state index in [2.05, 4.69) is 22.4 Å². The van der Waals surface area contributed by atoms with Gasteiger partial charge in [0.15, 0.2) is 0 Å². The Morgan fingerprint density at radius 1 is 1.42 bits per heavy atom. The van der Waals surface area contributed by atoms with E-state index in [9.17, 15) is 4.79 Å². The summed E-state index contributed by atoms with van der Waals surface area (Å²) in [6, 6.07) is -0.555. The van der Waals surface area contributed by atoms with Crippen LogP contribution in [-0.2, 0) is 11.2 Å². The van der Waals surface area contributed by atoms with E-state index in [0.29, 0.717) is 5.13 Å². The maximum Gasteiger partial charge on any atom is 0.243 e. The van der Waals surface area contributed by atoms with Gasteiger partial charge in [0.1, 0.15) is 5.01 Å². The van der Waals surface area contributed by atoms with Gasteiger partial charge in [-0.15, -0.1) is 22.6 Å². The number of nitrogens with one attached hydrogen (secondary N) is 1. The highest BCUT2D eigenvalue weighted by molar-refractivity contribution is 7.15. The van der Waals surface area contributed by atoms with Crippen molar-refractivity contribution in [3.05, 3.63) is 5.01 Å². The third-order valence-electron chi connectivity index (χ3n) is 2.66. The smallest absolute Gasteiger partial charge is 0.243 e. The van der Waals surface area contributed by atoms with E-state index in [4.69, 9.17) is 5.73 Å². The maximum atomic E-state index is 11.9. The minimum atomic E-state index is -0.555. The summed E-state index contributed by atoms with van der Waals surface area (Å²) in [5.41, 5.74) is 5.61. The molecule has 0 unspecified atom stereocenters. The molecule has 1 aromatic rings. The summed E-state index contributed by atoms with van der Waals surface area (Å²) in [4.78, 5) is 11.9. The monoisotopic (exact) mass is 306 g/mol. The lowest BCUT2D eigenvalue weighted by Gasteiger charge is -2.25. The number of nitrogens with zero attached hydrogens (tertiary/aromatic N) is 2. The molecule has 0 bridgehead atoms. The lowest BCUT2D eigenvalue weighted by Crippen LogP contribution is -2.45. The molecule has 3 N–H and O–H groups in total. The number of hydrogen-bond acceptors (Lipinski definition) is 5. The standard InChI is InChI=1S/C12H22N4OS.ClH/c1-5-6-7-8-15-16-11(18-8)14-10(17)9(13)12(2,3)4;/h9H,5-7,13H2,1-4H3,(H,14,16,17);1H/t9-;/m1./s1. The maximum absolute atomic E-state index is 11.9. The number of unbranched alkanes of at least 4 members (excludes halogenated alkanes) is 1. The van der Waals surface area contributed by atoms with Gasteiger partial charge in [-0.2, -0.15) is 0 Å². The van der Waals surface area contributed by atoms with Gasteiger partial charge in [-0.3, -0.25) is 10.1 Å². The van der Waals surface area contributed by atoms with Gasteiger partial charge in [0.2, 0.25) is 11.0 Å². The predicted molar refractivity (Wildman–Crippen MR) is 81.8 cm³/mol. The number of halogens is 1. The lowest BCUT2D eigenvalue weighted by atomic mass is 9.87. The van der Waals surface area contributed by atoms with Crippen molar-refractivity contribution in [3.8, 4) is 0 Å². The molecule has 0 aliphatic rings. The molecule has 110 valence electrons. The zero-order chi connectivity index (χ0) is 13.8. The zero-order valence-corrected chi connectivity index (χ0v) is 13.5. The Balaban J connectivity index is 0.00000324. The van der Waals surface area contributed by atoms with Gasteiger partial charge in [-0.25, -0.2) is 0 Å². The van der Waals surface area contributed by atoms with Crippen LogP contribution in [0.3, 0.4) is 0 Å². The lowest BCUT2D eigenvalue weighted by molar-refractivity contribution is -0.119. The van der Waals surface area contributed by atoms with Crippen molar-refractivity contribution in [2.75, 3.05) is 5.32 Å². The van der Waals surface area contributed by atoms with Crippen molar-refractivity contribution in [2.24, 2.45) is 11.1 Å². The largest absolute Gasteiger partial charge is 0.319 e. The van der Waals surface area contributed by atoms with Crippen LogP contribution in [0.2, 0.25) is 0 Å². The van der Waals surface area contributed by atoms with Crippen LogP contribution in [0.1, 0.15) is 45.5 Å². The Bertz CT molecular complexity index is 403. The van der Waals surface area contributed by atoms with Crippen molar-refractivity contribution in [3.63, 3.8) is 0 Å². The molecule has 0 radical (unpaired) electrons. The Morgan fingerprint density at radius 3 is 2.58 bits per heavy atom. The third-order valence-corrected chi connectivity index (χ3v) is 3.56. The van der Waals surface area contributed by atoms with Crippen molar-refractivity contribution in [2.45, 2.75) is 53.0 Å². The summed E-state index contributed by atoms with van der Waals surface area (Å²) in [5.74, 6) is -0.208.